The Morgan fingerprint density at radius 3 is 2.50 bits per heavy atom. The summed E-state index contributed by atoms with van der Waals surface area (Å²) >= 11 is 0. The van der Waals surface area contributed by atoms with Gasteiger partial charge in [0.25, 0.3) is 0 Å². The lowest BCUT2D eigenvalue weighted by Gasteiger charge is -2.25. The molecule has 1 aromatic heterocycles. The standard InChI is InChI=1S/C17H23N3/c1-4-20(16-8-6-5-7-13(16)2)17-14(3)11-15(9-10-18)12-19-17/h5-8,11-12H,4,9-10,18H2,1-3H3. The fourth-order valence-electron chi connectivity index (χ4n) is 2.51. The average Bonchev–Trinajstić information content (AvgIpc) is 2.44. The average molecular weight is 269 g/mol. The number of anilines is 2. The van der Waals surface area contributed by atoms with Crippen LogP contribution in [-0.2, 0) is 6.42 Å². The van der Waals surface area contributed by atoms with Crippen molar-refractivity contribution in [1.82, 2.24) is 4.98 Å². The zero-order valence-corrected chi connectivity index (χ0v) is 12.6. The minimum atomic E-state index is 0.662. The molecule has 0 amide bonds. The van der Waals surface area contributed by atoms with Crippen LogP contribution in [0.25, 0.3) is 0 Å². The molecule has 1 aromatic carbocycles. The van der Waals surface area contributed by atoms with Crippen molar-refractivity contribution in [3.63, 3.8) is 0 Å². The Balaban J connectivity index is 2.40. The summed E-state index contributed by atoms with van der Waals surface area (Å²) in [5.41, 5.74) is 10.5. The maximum atomic E-state index is 5.61. The van der Waals surface area contributed by atoms with E-state index in [2.05, 4.69) is 61.0 Å². The fourth-order valence-corrected chi connectivity index (χ4v) is 2.51. The lowest BCUT2D eigenvalue weighted by Crippen LogP contribution is -2.19. The van der Waals surface area contributed by atoms with Gasteiger partial charge in [0.2, 0.25) is 0 Å². The van der Waals surface area contributed by atoms with Gasteiger partial charge in [-0.2, -0.15) is 0 Å². The van der Waals surface area contributed by atoms with Gasteiger partial charge in [-0.05, 0) is 56.5 Å². The molecule has 0 bridgehead atoms. The van der Waals surface area contributed by atoms with Crippen molar-refractivity contribution >= 4 is 11.5 Å². The largest absolute Gasteiger partial charge is 0.330 e. The second-order valence-electron chi connectivity index (χ2n) is 5.05. The number of para-hydroxylation sites is 1. The number of rotatable bonds is 5. The molecule has 3 heteroatoms. The van der Waals surface area contributed by atoms with Gasteiger partial charge < -0.3 is 10.6 Å². The highest BCUT2D eigenvalue weighted by Gasteiger charge is 2.13. The summed E-state index contributed by atoms with van der Waals surface area (Å²) in [4.78, 5) is 6.92. The lowest BCUT2D eigenvalue weighted by atomic mass is 10.1. The Morgan fingerprint density at radius 1 is 1.15 bits per heavy atom. The molecule has 20 heavy (non-hydrogen) atoms. The van der Waals surface area contributed by atoms with Crippen LogP contribution in [-0.4, -0.2) is 18.1 Å². The third-order valence-electron chi connectivity index (χ3n) is 3.52. The molecule has 0 unspecified atom stereocenters. The van der Waals surface area contributed by atoms with Crippen LogP contribution >= 0.6 is 0 Å². The molecule has 0 saturated carbocycles. The van der Waals surface area contributed by atoms with Crippen LogP contribution in [0.3, 0.4) is 0 Å². The Bertz CT molecular complexity index is 578. The van der Waals surface area contributed by atoms with Gasteiger partial charge in [-0.1, -0.05) is 24.3 Å². The smallest absolute Gasteiger partial charge is 0.135 e. The van der Waals surface area contributed by atoms with Crippen LogP contribution in [0.1, 0.15) is 23.6 Å². The molecule has 3 nitrogen and oxygen atoms in total. The van der Waals surface area contributed by atoms with E-state index in [9.17, 15) is 0 Å². The van der Waals surface area contributed by atoms with Gasteiger partial charge >= 0.3 is 0 Å². The first kappa shape index (κ1) is 14.5. The van der Waals surface area contributed by atoms with Crippen molar-refractivity contribution in [2.45, 2.75) is 27.2 Å². The molecular formula is C17H23N3. The first-order valence-electron chi connectivity index (χ1n) is 7.16. The molecule has 0 aliphatic heterocycles. The predicted octanol–water partition coefficient (Wildman–Crippen LogP) is 3.36. The second kappa shape index (κ2) is 6.53. The first-order valence-corrected chi connectivity index (χ1v) is 7.16. The van der Waals surface area contributed by atoms with Gasteiger partial charge in [0.05, 0.1) is 0 Å². The molecule has 0 aliphatic rings. The summed E-state index contributed by atoms with van der Waals surface area (Å²) in [6.07, 6.45) is 2.82. The molecule has 0 aliphatic carbocycles. The molecule has 2 N–H and O–H groups in total. The summed E-state index contributed by atoms with van der Waals surface area (Å²) in [6, 6.07) is 10.6. The summed E-state index contributed by atoms with van der Waals surface area (Å²) in [6.45, 7) is 7.96. The number of aromatic nitrogens is 1. The van der Waals surface area contributed by atoms with Crippen LogP contribution in [0, 0.1) is 13.8 Å². The van der Waals surface area contributed by atoms with E-state index < -0.39 is 0 Å². The monoisotopic (exact) mass is 269 g/mol. The first-order chi connectivity index (χ1) is 9.67. The molecular weight excluding hydrogens is 246 g/mol. The molecule has 106 valence electrons. The number of nitrogens with zero attached hydrogens (tertiary/aromatic N) is 2. The summed E-state index contributed by atoms with van der Waals surface area (Å²) in [7, 11) is 0. The molecule has 0 radical (unpaired) electrons. The Kier molecular flexibility index (Phi) is 4.74. The van der Waals surface area contributed by atoms with Crippen LogP contribution in [0.5, 0.6) is 0 Å². The highest BCUT2D eigenvalue weighted by atomic mass is 15.2. The SMILES string of the molecule is CCN(c1ccccc1C)c1ncc(CCN)cc1C. The number of hydrogen-bond acceptors (Lipinski definition) is 3. The van der Waals surface area contributed by atoms with Crippen LogP contribution in [0.15, 0.2) is 36.5 Å². The van der Waals surface area contributed by atoms with Gasteiger partial charge in [0, 0.05) is 18.4 Å². The van der Waals surface area contributed by atoms with Gasteiger partial charge in [-0.3, -0.25) is 0 Å². The Morgan fingerprint density at radius 2 is 1.90 bits per heavy atom. The highest BCUT2D eigenvalue weighted by Crippen LogP contribution is 2.29. The van der Waals surface area contributed by atoms with E-state index in [1.807, 2.05) is 6.20 Å². The fraction of sp³-hybridized carbons (Fsp3) is 0.353. The summed E-state index contributed by atoms with van der Waals surface area (Å²) in [5, 5.41) is 0. The Hall–Kier alpha value is -1.87. The molecule has 2 rings (SSSR count). The summed E-state index contributed by atoms with van der Waals surface area (Å²) < 4.78 is 0. The molecule has 0 fully saturated rings. The minimum absolute atomic E-state index is 0.662. The van der Waals surface area contributed by atoms with E-state index in [-0.39, 0.29) is 0 Å². The van der Waals surface area contributed by atoms with E-state index in [4.69, 9.17) is 5.73 Å². The van der Waals surface area contributed by atoms with Crippen molar-refractivity contribution < 1.29 is 0 Å². The number of aryl methyl sites for hydroxylation is 2. The van der Waals surface area contributed by atoms with E-state index in [1.165, 1.54) is 22.4 Å². The Labute approximate surface area is 121 Å². The lowest BCUT2D eigenvalue weighted by molar-refractivity contribution is 0.933. The van der Waals surface area contributed by atoms with E-state index in [0.29, 0.717) is 6.54 Å². The van der Waals surface area contributed by atoms with E-state index in [0.717, 1.165) is 18.8 Å². The summed E-state index contributed by atoms with van der Waals surface area (Å²) in [5.74, 6) is 1.03. The van der Waals surface area contributed by atoms with Gasteiger partial charge in [0.1, 0.15) is 5.82 Å². The molecule has 0 atom stereocenters. The van der Waals surface area contributed by atoms with Gasteiger partial charge in [-0.25, -0.2) is 4.98 Å². The van der Waals surface area contributed by atoms with Crippen molar-refractivity contribution in [1.29, 1.82) is 0 Å². The van der Waals surface area contributed by atoms with Crippen molar-refractivity contribution in [3.05, 3.63) is 53.2 Å². The number of benzene rings is 1. The third-order valence-corrected chi connectivity index (χ3v) is 3.52. The van der Waals surface area contributed by atoms with Crippen LogP contribution < -0.4 is 10.6 Å². The highest BCUT2D eigenvalue weighted by molar-refractivity contribution is 5.65. The normalized spacial score (nSPS) is 10.6. The number of hydrogen-bond donors (Lipinski definition) is 1. The van der Waals surface area contributed by atoms with Crippen LogP contribution in [0.2, 0.25) is 0 Å². The van der Waals surface area contributed by atoms with Crippen molar-refractivity contribution in [2.75, 3.05) is 18.0 Å². The predicted molar refractivity (Wildman–Crippen MR) is 85.6 cm³/mol. The maximum Gasteiger partial charge on any atom is 0.135 e. The van der Waals surface area contributed by atoms with Crippen LogP contribution in [0.4, 0.5) is 11.5 Å². The topological polar surface area (TPSA) is 42.2 Å². The molecule has 1 heterocycles. The number of nitrogens with two attached hydrogens (primary N) is 1. The minimum Gasteiger partial charge on any atom is -0.330 e. The van der Waals surface area contributed by atoms with Crippen molar-refractivity contribution in [3.8, 4) is 0 Å². The van der Waals surface area contributed by atoms with Crippen molar-refractivity contribution in [2.24, 2.45) is 5.73 Å². The molecule has 0 saturated heterocycles. The molecule has 2 aromatic rings. The number of pyridine rings is 1. The van der Waals surface area contributed by atoms with E-state index >= 15 is 0 Å². The van der Waals surface area contributed by atoms with E-state index in [1.54, 1.807) is 0 Å². The quantitative estimate of drug-likeness (QED) is 0.905. The third kappa shape index (κ3) is 2.99. The van der Waals surface area contributed by atoms with Gasteiger partial charge in [0.15, 0.2) is 0 Å². The second-order valence-corrected chi connectivity index (χ2v) is 5.05. The van der Waals surface area contributed by atoms with Gasteiger partial charge in [-0.15, -0.1) is 0 Å². The molecule has 0 spiro atoms. The zero-order chi connectivity index (χ0) is 14.5. The maximum absolute atomic E-state index is 5.61. The zero-order valence-electron chi connectivity index (χ0n) is 12.6.